The molecule has 0 saturated heterocycles. The summed E-state index contributed by atoms with van der Waals surface area (Å²) in [5.74, 6) is 0. The zero-order chi connectivity index (χ0) is 24.6. The molecule has 0 radical (unpaired) electrons. The molecular formula is C35H25NS. The van der Waals surface area contributed by atoms with Gasteiger partial charge in [0.25, 0.3) is 0 Å². The van der Waals surface area contributed by atoms with Crippen molar-refractivity contribution in [2.45, 2.75) is 22.6 Å². The third-order valence-corrected chi connectivity index (χ3v) is 8.51. The summed E-state index contributed by atoms with van der Waals surface area (Å²) in [5, 5.41) is 7.63. The van der Waals surface area contributed by atoms with Crippen molar-refractivity contribution in [2.75, 3.05) is 0 Å². The highest BCUT2D eigenvalue weighted by Crippen LogP contribution is 2.47. The van der Waals surface area contributed by atoms with Crippen molar-refractivity contribution in [2.24, 2.45) is 0 Å². The number of nitrogens with zero attached hydrogens (tertiary/aromatic N) is 1. The lowest BCUT2D eigenvalue weighted by molar-refractivity contribution is 1.06. The van der Waals surface area contributed by atoms with E-state index in [0.29, 0.717) is 0 Å². The molecule has 5 aromatic carbocycles. The SMILES string of the molecule is C1=CCCC(c2c3ccccc3c(Sc3ccccc3-c3cccc4ccccc34)c3ccncc23)=C1. The summed E-state index contributed by atoms with van der Waals surface area (Å²) in [7, 11) is 0. The average molecular weight is 492 g/mol. The van der Waals surface area contributed by atoms with Crippen LogP contribution in [0.4, 0.5) is 0 Å². The summed E-state index contributed by atoms with van der Waals surface area (Å²) >= 11 is 1.87. The molecule has 0 saturated carbocycles. The minimum absolute atomic E-state index is 1.06. The molecule has 1 heterocycles. The Kier molecular flexibility index (Phi) is 5.60. The predicted octanol–water partition coefficient (Wildman–Crippen LogP) is 10.1. The largest absolute Gasteiger partial charge is 0.264 e. The first-order valence-corrected chi connectivity index (χ1v) is 13.6. The van der Waals surface area contributed by atoms with Crippen LogP contribution in [0.3, 0.4) is 0 Å². The Labute approximate surface area is 221 Å². The molecule has 0 unspecified atom stereocenters. The molecule has 0 atom stereocenters. The van der Waals surface area contributed by atoms with E-state index in [1.807, 2.05) is 18.0 Å². The molecule has 0 aliphatic heterocycles. The van der Waals surface area contributed by atoms with E-state index in [-0.39, 0.29) is 0 Å². The zero-order valence-corrected chi connectivity index (χ0v) is 21.2. The van der Waals surface area contributed by atoms with Crippen LogP contribution in [0.1, 0.15) is 18.4 Å². The molecule has 1 aliphatic carbocycles. The maximum absolute atomic E-state index is 4.57. The average Bonchev–Trinajstić information content (AvgIpc) is 2.97. The van der Waals surface area contributed by atoms with E-state index in [2.05, 4.69) is 126 Å². The zero-order valence-electron chi connectivity index (χ0n) is 20.4. The maximum atomic E-state index is 4.57. The van der Waals surface area contributed by atoms with Crippen molar-refractivity contribution in [3.63, 3.8) is 0 Å². The molecular weight excluding hydrogens is 466 g/mol. The Bertz CT molecular complexity index is 1800. The molecule has 2 heteroatoms. The second kappa shape index (κ2) is 9.38. The molecule has 176 valence electrons. The first-order valence-electron chi connectivity index (χ1n) is 12.8. The van der Waals surface area contributed by atoms with Gasteiger partial charge in [-0.2, -0.15) is 0 Å². The number of hydrogen-bond donors (Lipinski definition) is 0. The highest BCUT2D eigenvalue weighted by Gasteiger charge is 2.19. The van der Waals surface area contributed by atoms with E-state index >= 15 is 0 Å². The number of benzene rings is 5. The van der Waals surface area contributed by atoms with Crippen molar-refractivity contribution < 1.29 is 0 Å². The van der Waals surface area contributed by atoms with E-state index in [9.17, 15) is 0 Å². The molecule has 7 rings (SSSR count). The lowest BCUT2D eigenvalue weighted by Crippen LogP contribution is -1.95. The molecule has 0 amide bonds. The van der Waals surface area contributed by atoms with Crippen molar-refractivity contribution in [3.8, 4) is 11.1 Å². The quantitative estimate of drug-likeness (QED) is 0.228. The molecule has 0 bridgehead atoms. The molecule has 6 aromatic rings. The van der Waals surface area contributed by atoms with Crippen LogP contribution in [0.25, 0.3) is 49.0 Å². The topological polar surface area (TPSA) is 12.9 Å². The smallest absolute Gasteiger partial charge is 0.0353 e. The van der Waals surface area contributed by atoms with Crippen molar-refractivity contribution in [1.82, 2.24) is 4.98 Å². The van der Waals surface area contributed by atoms with Crippen LogP contribution in [0, 0.1) is 0 Å². The lowest BCUT2D eigenvalue weighted by Gasteiger charge is -2.20. The van der Waals surface area contributed by atoms with Crippen LogP contribution in [-0.2, 0) is 0 Å². The first-order chi connectivity index (χ1) is 18.4. The number of allylic oxidation sites excluding steroid dienone is 4. The van der Waals surface area contributed by atoms with Crippen molar-refractivity contribution in [1.29, 1.82) is 0 Å². The summed E-state index contributed by atoms with van der Waals surface area (Å²) in [5.41, 5.74) is 5.26. The molecule has 1 aromatic heterocycles. The Balaban J connectivity index is 1.48. The van der Waals surface area contributed by atoms with Gasteiger partial charge in [-0.25, -0.2) is 0 Å². The standard InChI is InChI=1S/C35H25NS/c1-2-12-25(13-3-1)34-29-17-6-7-18-30(29)35(31-21-22-36-23-32(31)34)37-33-20-9-8-16-28(33)27-19-10-14-24-11-4-5-15-26(24)27/h1-2,4-12,14-23H,3,13H2. The van der Waals surface area contributed by atoms with E-state index in [4.69, 9.17) is 0 Å². The summed E-state index contributed by atoms with van der Waals surface area (Å²) in [6, 6.07) is 35.1. The van der Waals surface area contributed by atoms with Gasteiger partial charge in [-0.15, -0.1) is 0 Å². The van der Waals surface area contributed by atoms with Gasteiger partial charge in [0.05, 0.1) is 0 Å². The Morgan fingerprint density at radius 3 is 2.24 bits per heavy atom. The van der Waals surface area contributed by atoms with Crippen LogP contribution < -0.4 is 0 Å². The second-order valence-corrected chi connectivity index (χ2v) is 10.5. The lowest BCUT2D eigenvalue weighted by atomic mass is 9.89. The fourth-order valence-electron chi connectivity index (χ4n) is 5.60. The Hall–Kier alpha value is -4.14. The number of aromatic nitrogens is 1. The summed E-state index contributed by atoms with van der Waals surface area (Å²) in [6.07, 6.45) is 12.8. The van der Waals surface area contributed by atoms with E-state index in [1.165, 1.54) is 64.4 Å². The number of fused-ring (bicyclic) bond motifs is 3. The molecule has 1 nitrogen and oxygen atoms in total. The van der Waals surface area contributed by atoms with Gasteiger partial charge < -0.3 is 0 Å². The Morgan fingerprint density at radius 1 is 0.622 bits per heavy atom. The van der Waals surface area contributed by atoms with Gasteiger partial charge in [-0.05, 0) is 74.2 Å². The molecule has 1 aliphatic rings. The van der Waals surface area contributed by atoms with Gasteiger partial charge in [0, 0.05) is 27.6 Å². The van der Waals surface area contributed by atoms with Gasteiger partial charge in [0.2, 0.25) is 0 Å². The van der Waals surface area contributed by atoms with Gasteiger partial charge in [-0.3, -0.25) is 4.98 Å². The number of rotatable bonds is 4. The molecule has 37 heavy (non-hydrogen) atoms. The fourth-order valence-corrected chi connectivity index (χ4v) is 6.83. The highest BCUT2D eigenvalue weighted by atomic mass is 32.2. The number of pyridine rings is 1. The number of hydrogen-bond acceptors (Lipinski definition) is 2. The maximum Gasteiger partial charge on any atom is 0.0353 e. The van der Waals surface area contributed by atoms with Gasteiger partial charge >= 0.3 is 0 Å². The summed E-state index contributed by atoms with van der Waals surface area (Å²) in [4.78, 5) is 7.12. The fraction of sp³-hybridized carbons (Fsp3) is 0.0571. The van der Waals surface area contributed by atoms with Crippen molar-refractivity contribution >= 4 is 49.7 Å². The molecule has 0 fully saturated rings. The van der Waals surface area contributed by atoms with Gasteiger partial charge in [-0.1, -0.05) is 115 Å². The highest BCUT2D eigenvalue weighted by molar-refractivity contribution is 8.00. The van der Waals surface area contributed by atoms with Crippen LogP contribution in [-0.4, -0.2) is 4.98 Å². The Morgan fingerprint density at radius 2 is 1.35 bits per heavy atom. The summed E-state index contributed by atoms with van der Waals surface area (Å²) in [6.45, 7) is 0. The van der Waals surface area contributed by atoms with Crippen LogP contribution >= 0.6 is 11.8 Å². The monoisotopic (exact) mass is 491 g/mol. The van der Waals surface area contributed by atoms with E-state index in [1.54, 1.807) is 0 Å². The van der Waals surface area contributed by atoms with Gasteiger partial charge in [0.15, 0.2) is 0 Å². The van der Waals surface area contributed by atoms with Crippen molar-refractivity contribution in [3.05, 3.63) is 133 Å². The molecule has 0 N–H and O–H groups in total. The minimum atomic E-state index is 1.06. The normalized spacial score (nSPS) is 13.4. The summed E-state index contributed by atoms with van der Waals surface area (Å²) < 4.78 is 0. The predicted molar refractivity (Wildman–Crippen MR) is 159 cm³/mol. The van der Waals surface area contributed by atoms with Gasteiger partial charge in [0.1, 0.15) is 0 Å². The minimum Gasteiger partial charge on any atom is -0.264 e. The van der Waals surface area contributed by atoms with Crippen LogP contribution in [0.5, 0.6) is 0 Å². The van der Waals surface area contributed by atoms with E-state index < -0.39 is 0 Å². The third-order valence-electron chi connectivity index (χ3n) is 7.29. The molecule has 0 spiro atoms. The van der Waals surface area contributed by atoms with E-state index in [0.717, 1.165) is 12.8 Å². The van der Waals surface area contributed by atoms with Crippen LogP contribution in [0.2, 0.25) is 0 Å². The first kappa shape index (κ1) is 22.1. The third kappa shape index (κ3) is 3.85. The second-order valence-electron chi connectivity index (χ2n) is 9.45. The van der Waals surface area contributed by atoms with Crippen LogP contribution in [0.15, 0.2) is 137 Å².